The van der Waals surface area contributed by atoms with Crippen LogP contribution in [0.4, 0.5) is 0 Å². The maximum absolute atomic E-state index is 12.9. The molecule has 0 bridgehead atoms. The second-order valence-corrected chi connectivity index (χ2v) is 7.06. The molecule has 27 heavy (non-hydrogen) atoms. The second-order valence-electron chi connectivity index (χ2n) is 7.06. The normalized spacial score (nSPS) is 14.8. The summed E-state index contributed by atoms with van der Waals surface area (Å²) in [6.07, 6.45) is 2.84. The monoisotopic (exact) mass is 369 g/mol. The van der Waals surface area contributed by atoms with Gasteiger partial charge in [-0.25, -0.2) is 0 Å². The zero-order chi connectivity index (χ0) is 19.4. The minimum atomic E-state index is -0.00900. The number of H-pyrrole nitrogens is 1. The number of aromatic amines is 1. The molecule has 0 saturated carbocycles. The molecule has 1 fully saturated rings. The van der Waals surface area contributed by atoms with Crippen LogP contribution in [0.3, 0.4) is 0 Å². The summed E-state index contributed by atoms with van der Waals surface area (Å²) in [4.78, 5) is 32.0. The highest BCUT2D eigenvalue weighted by Gasteiger charge is 2.24. The van der Waals surface area contributed by atoms with Crippen molar-refractivity contribution in [1.82, 2.24) is 14.8 Å². The molecule has 1 saturated heterocycles. The highest BCUT2D eigenvalue weighted by molar-refractivity contribution is 5.92. The third kappa shape index (κ3) is 4.32. The maximum Gasteiger partial charge on any atom is 0.270 e. The van der Waals surface area contributed by atoms with E-state index in [-0.39, 0.29) is 11.8 Å². The summed E-state index contributed by atoms with van der Waals surface area (Å²) < 4.78 is 5.51. The standard InChI is InChI=1S/C21H27N3O3/c1-15-12-16(2)20(27-3)17(13-15)14-19(25)23-8-5-9-24(11-10-23)21(26)18-6-4-7-22-18/h4,6-7,12-13,22H,5,8-11,14H2,1-3H3. The Morgan fingerprint density at radius 2 is 1.85 bits per heavy atom. The Hall–Kier alpha value is -2.76. The van der Waals surface area contributed by atoms with Crippen LogP contribution >= 0.6 is 0 Å². The molecule has 2 amide bonds. The van der Waals surface area contributed by atoms with Gasteiger partial charge in [-0.3, -0.25) is 9.59 Å². The van der Waals surface area contributed by atoms with Gasteiger partial charge < -0.3 is 19.5 Å². The molecule has 144 valence electrons. The second kappa shape index (κ2) is 8.29. The topological polar surface area (TPSA) is 65.6 Å². The van der Waals surface area contributed by atoms with Crippen molar-refractivity contribution < 1.29 is 14.3 Å². The molecular weight excluding hydrogens is 342 g/mol. The molecule has 1 aliphatic heterocycles. The third-order valence-electron chi connectivity index (χ3n) is 5.01. The largest absolute Gasteiger partial charge is 0.496 e. The summed E-state index contributed by atoms with van der Waals surface area (Å²) in [6, 6.07) is 7.67. The molecule has 6 nitrogen and oxygen atoms in total. The van der Waals surface area contributed by atoms with Crippen molar-refractivity contribution in [2.24, 2.45) is 0 Å². The van der Waals surface area contributed by atoms with E-state index in [1.54, 1.807) is 19.4 Å². The number of hydrogen-bond donors (Lipinski definition) is 1. The fourth-order valence-corrected chi connectivity index (χ4v) is 3.74. The van der Waals surface area contributed by atoms with Gasteiger partial charge in [0.25, 0.3) is 5.91 Å². The van der Waals surface area contributed by atoms with E-state index in [2.05, 4.69) is 11.1 Å². The average molecular weight is 369 g/mol. The molecule has 1 aliphatic rings. The quantitative estimate of drug-likeness (QED) is 0.901. The minimum absolute atomic E-state index is 0.00900. The number of aryl methyl sites for hydroxylation is 2. The van der Waals surface area contributed by atoms with Crippen LogP contribution in [0.2, 0.25) is 0 Å². The highest BCUT2D eigenvalue weighted by Crippen LogP contribution is 2.26. The number of amides is 2. The molecule has 0 aliphatic carbocycles. The Balaban J connectivity index is 1.66. The summed E-state index contributed by atoms with van der Waals surface area (Å²) in [6.45, 7) is 6.45. The van der Waals surface area contributed by atoms with E-state index in [1.165, 1.54) is 0 Å². The molecule has 2 heterocycles. The van der Waals surface area contributed by atoms with E-state index in [4.69, 9.17) is 4.74 Å². The third-order valence-corrected chi connectivity index (χ3v) is 5.01. The molecule has 0 unspecified atom stereocenters. The molecule has 1 aromatic heterocycles. The number of methoxy groups -OCH3 is 1. The van der Waals surface area contributed by atoms with Crippen LogP contribution in [-0.2, 0) is 11.2 Å². The number of rotatable bonds is 4. The lowest BCUT2D eigenvalue weighted by atomic mass is 10.0. The van der Waals surface area contributed by atoms with Gasteiger partial charge in [-0.05, 0) is 38.0 Å². The van der Waals surface area contributed by atoms with Crippen molar-refractivity contribution >= 4 is 11.8 Å². The number of hydrogen-bond acceptors (Lipinski definition) is 3. The van der Waals surface area contributed by atoms with Gasteiger partial charge in [0.15, 0.2) is 0 Å². The van der Waals surface area contributed by atoms with E-state index in [0.717, 1.165) is 28.9 Å². The number of ether oxygens (including phenoxy) is 1. The number of nitrogens with zero attached hydrogens (tertiary/aromatic N) is 2. The van der Waals surface area contributed by atoms with Crippen LogP contribution in [0.1, 0.15) is 33.6 Å². The predicted molar refractivity (Wildman–Crippen MR) is 104 cm³/mol. The fourth-order valence-electron chi connectivity index (χ4n) is 3.74. The van der Waals surface area contributed by atoms with Gasteiger partial charge in [0.1, 0.15) is 11.4 Å². The molecule has 0 spiro atoms. The van der Waals surface area contributed by atoms with Crippen LogP contribution in [0.15, 0.2) is 30.5 Å². The first-order valence-electron chi connectivity index (χ1n) is 9.34. The van der Waals surface area contributed by atoms with Crippen molar-refractivity contribution in [1.29, 1.82) is 0 Å². The first-order valence-corrected chi connectivity index (χ1v) is 9.34. The Labute approximate surface area is 160 Å². The van der Waals surface area contributed by atoms with Crippen molar-refractivity contribution in [3.8, 4) is 5.75 Å². The van der Waals surface area contributed by atoms with Crippen LogP contribution in [0.5, 0.6) is 5.75 Å². The predicted octanol–water partition coefficient (Wildman–Crippen LogP) is 2.56. The van der Waals surface area contributed by atoms with Gasteiger partial charge in [0, 0.05) is 37.9 Å². The minimum Gasteiger partial charge on any atom is -0.496 e. The molecule has 0 atom stereocenters. The average Bonchev–Trinajstić information content (AvgIpc) is 3.05. The summed E-state index contributed by atoms with van der Waals surface area (Å²) in [5, 5.41) is 0. The Kier molecular flexibility index (Phi) is 5.84. The zero-order valence-electron chi connectivity index (χ0n) is 16.2. The van der Waals surface area contributed by atoms with Crippen LogP contribution < -0.4 is 4.74 Å². The van der Waals surface area contributed by atoms with Crippen LogP contribution in [0.25, 0.3) is 0 Å². The first kappa shape index (κ1) is 19.0. The van der Waals surface area contributed by atoms with Gasteiger partial charge in [-0.2, -0.15) is 0 Å². The molecule has 1 aromatic carbocycles. The van der Waals surface area contributed by atoms with Crippen LogP contribution in [-0.4, -0.2) is 59.9 Å². The number of benzene rings is 1. The summed E-state index contributed by atoms with van der Waals surface area (Å²) in [5.41, 5.74) is 3.67. The smallest absolute Gasteiger partial charge is 0.270 e. The summed E-state index contributed by atoms with van der Waals surface area (Å²) in [7, 11) is 1.64. The zero-order valence-corrected chi connectivity index (χ0v) is 16.2. The van der Waals surface area contributed by atoms with Crippen LogP contribution in [0, 0.1) is 13.8 Å². The number of carbonyl (C=O) groups is 2. The Morgan fingerprint density at radius 3 is 2.56 bits per heavy atom. The summed E-state index contributed by atoms with van der Waals surface area (Å²) >= 11 is 0. The van der Waals surface area contributed by atoms with Crippen molar-refractivity contribution in [2.75, 3.05) is 33.3 Å². The van der Waals surface area contributed by atoms with E-state index >= 15 is 0 Å². The maximum atomic E-state index is 12.9. The number of aromatic nitrogens is 1. The first-order chi connectivity index (χ1) is 13.0. The van der Waals surface area contributed by atoms with Crippen molar-refractivity contribution in [3.05, 3.63) is 52.8 Å². The number of nitrogens with one attached hydrogen (secondary N) is 1. The highest BCUT2D eigenvalue weighted by atomic mass is 16.5. The van der Waals surface area contributed by atoms with Crippen molar-refractivity contribution in [3.63, 3.8) is 0 Å². The molecule has 1 N–H and O–H groups in total. The molecule has 3 rings (SSSR count). The van der Waals surface area contributed by atoms with E-state index in [9.17, 15) is 9.59 Å². The lowest BCUT2D eigenvalue weighted by Gasteiger charge is -2.22. The Morgan fingerprint density at radius 1 is 1.11 bits per heavy atom. The van der Waals surface area contributed by atoms with Gasteiger partial charge in [0.2, 0.25) is 5.91 Å². The van der Waals surface area contributed by atoms with Crippen molar-refractivity contribution in [2.45, 2.75) is 26.7 Å². The molecule has 6 heteroatoms. The Bertz CT molecular complexity index is 814. The molecule has 2 aromatic rings. The van der Waals surface area contributed by atoms with E-state index in [1.807, 2.05) is 35.8 Å². The van der Waals surface area contributed by atoms with Gasteiger partial charge >= 0.3 is 0 Å². The molecular formula is C21H27N3O3. The fraction of sp³-hybridized carbons (Fsp3) is 0.429. The lowest BCUT2D eigenvalue weighted by molar-refractivity contribution is -0.130. The van der Waals surface area contributed by atoms with Gasteiger partial charge in [-0.15, -0.1) is 0 Å². The SMILES string of the molecule is COc1c(C)cc(C)cc1CC(=O)N1CCCN(C(=O)c2ccc[nH]2)CC1. The van der Waals surface area contributed by atoms with E-state index in [0.29, 0.717) is 38.3 Å². The summed E-state index contributed by atoms with van der Waals surface area (Å²) in [5.74, 6) is 0.852. The number of carbonyl (C=O) groups excluding carboxylic acids is 2. The van der Waals surface area contributed by atoms with E-state index < -0.39 is 0 Å². The molecule has 0 radical (unpaired) electrons. The van der Waals surface area contributed by atoms with Gasteiger partial charge in [-0.1, -0.05) is 17.7 Å². The van der Waals surface area contributed by atoms with Gasteiger partial charge in [0.05, 0.1) is 13.5 Å². The lowest BCUT2D eigenvalue weighted by Crippen LogP contribution is -2.38.